The van der Waals surface area contributed by atoms with Crippen LogP contribution in [0.3, 0.4) is 0 Å². The van der Waals surface area contributed by atoms with Crippen molar-refractivity contribution < 1.29 is 22.7 Å². The molecule has 6 heterocycles. The van der Waals surface area contributed by atoms with Crippen LogP contribution in [0, 0.1) is 5.82 Å². The van der Waals surface area contributed by atoms with Gasteiger partial charge in [-0.3, -0.25) is 9.69 Å². The number of fused-ring (bicyclic) bond motifs is 5. The molecule has 4 aliphatic heterocycles. The Morgan fingerprint density at radius 2 is 2.05 bits per heavy atom. The van der Waals surface area contributed by atoms with Crippen LogP contribution in [0.4, 0.5) is 14.6 Å². The lowest BCUT2D eigenvalue weighted by Gasteiger charge is -2.34. The summed E-state index contributed by atoms with van der Waals surface area (Å²) in [6.45, 7) is 0.776. The van der Waals surface area contributed by atoms with Crippen LogP contribution in [0.5, 0.6) is 11.8 Å². The van der Waals surface area contributed by atoms with E-state index in [0.717, 1.165) is 17.5 Å². The predicted octanol–water partition coefficient (Wildman–Crippen LogP) is 3.63. The third-order valence-corrected chi connectivity index (χ3v) is 9.62. The normalized spacial score (nSPS) is 30.4. The van der Waals surface area contributed by atoms with Gasteiger partial charge in [-0.2, -0.15) is 19.7 Å². The van der Waals surface area contributed by atoms with Crippen molar-refractivity contribution in [3.8, 4) is 17.4 Å². The number of phenols is 1. The Morgan fingerprint density at radius 1 is 1.23 bits per heavy atom. The van der Waals surface area contributed by atoms with E-state index in [4.69, 9.17) is 13.8 Å². The number of phenolic OH excluding ortho intramolecular Hbond substituents is 1. The molecule has 4 atom stereocenters. The summed E-state index contributed by atoms with van der Waals surface area (Å²) in [7, 11) is 0. The molecule has 2 bridgehead atoms. The molecule has 2 aromatic carbocycles. The molecule has 4 fully saturated rings. The Kier molecular flexibility index (Phi) is 5.74. The van der Waals surface area contributed by atoms with Gasteiger partial charge in [-0.05, 0) is 61.7 Å². The second-order valence-electron chi connectivity index (χ2n) is 12.4. The number of anilines is 1. The van der Waals surface area contributed by atoms with Crippen LogP contribution < -0.4 is 20.5 Å². The Morgan fingerprint density at radius 3 is 2.84 bits per heavy atom. The van der Waals surface area contributed by atoms with Crippen LogP contribution in [0.15, 0.2) is 35.3 Å². The highest BCUT2D eigenvalue weighted by molar-refractivity contribution is 5.95. The average molecular weight is 607 g/mol. The maximum absolute atomic E-state index is 15.0. The zero-order chi connectivity index (χ0) is 32.9. The van der Waals surface area contributed by atoms with Crippen LogP contribution in [0.2, 0.25) is 0 Å². The predicted molar refractivity (Wildman–Crippen MR) is 162 cm³/mol. The lowest BCUT2D eigenvalue weighted by molar-refractivity contribution is 0.107. The van der Waals surface area contributed by atoms with Gasteiger partial charge in [0.1, 0.15) is 35.7 Å². The number of benzene rings is 2. The van der Waals surface area contributed by atoms with Crippen molar-refractivity contribution in [3.63, 3.8) is 0 Å². The molecule has 230 valence electrons. The summed E-state index contributed by atoms with van der Waals surface area (Å²) in [5, 5.41) is 20.1. The number of aromatic nitrogens is 4. The summed E-state index contributed by atoms with van der Waals surface area (Å²) in [6, 6.07) is 6.13. The van der Waals surface area contributed by atoms with Crippen molar-refractivity contribution in [2.75, 3.05) is 37.6 Å². The second-order valence-corrected chi connectivity index (χ2v) is 12.4. The number of nitrogens with zero attached hydrogens (tertiary/aromatic N) is 6. The number of piperazine rings is 1. The summed E-state index contributed by atoms with van der Waals surface area (Å²) in [4.78, 5) is 27.1. The van der Waals surface area contributed by atoms with Gasteiger partial charge in [-0.15, -0.1) is 0 Å². The highest BCUT2D eigenvalue weighted by Crippen LogP contribution is 2.40. The van der Waals surface area contributed by atoms with Crippen molar-refractivity contribution in [2.45, 2.75) is 69.2 Å². The number of nitrogens with one attached hydrogen (secondary N) is 1. The van der Waals surface area contributed by atoms with Gasteiger partial charge >= 0.3 is 6.01 Å². The number of aryl methyl sites for hydroxylation is 1. The molecule has 2 aromatic heterocycles. The molecule has 12 heteroatoms. The molecule has 0 radical (unpaired) electrons. The second kappa shape index (κ2) is 10.3. The minimum atomic E-state index is -2.33. The zero-order valence-electron chi connectivity index (χ0n) is 27.3. The summed E-state index contributed by atoms with van der Waals surface area (Å²) >= 11 is 0. The lowest BCUT2D eigenvalue weighted by atomic mass is 9.95. The number of halogens is 2. The van der Waals surface area contributed by atoms with E-state index in [1.165, 1.54) is 29.3 Å². The zero-order valence-corrected chi connectivity index (χ0v) is 24.3. The van der Waals surface area contributed by atoms with Gasteiger partial charge in [0.2, 0.25) is 0 Å². The van der Waals surface area contributed by atoms with Gasteiger partial charge in [0.25, 0.3) is 5.56 Å². The van der Waals surface area contributed by atoms with Gasteiger partial charge in [0.05, 0.1) is 24.2 Å². The fourth-order valence-corrected chi connectivity index (χ4v) is 7.54. The van der Waals surface area contributed by atoms with E-state index in [-0.39, 0.29) is 61.0 Å². The first-order valence-electron chi connectivity index (χ1n) is 16.7. The van der Waals surface area contributed by atoms with Crippen LogP contribution in [-0.2, 0) is 6.42 Å². The van der Waals surface area contributed by atoms with Crippen molar-refractivity contribution >= 4 is 27.5 Å². The van der Waals surface area contributed by atoms with Crippen molar-refractivity contribution in [2.24, 2.45) is 0 Å². The van der Waals surface area contributed by atoms with Gasteiger partial charge in [0.15, 0.2) is 0 Å². The van der Waals surface area contributed by atoms with E-state index in [2.05, 4.69) is 20.3 Å². The maximum Gasteiger partial charge on any atom is 0.319 e. The van der Waals surface area contributed by atoms with Crippen LogP contribution in [0.1, 0.15) is 48.7 Å². The monoisotopic (exact) mass is 606 g/mol. The summed E-state index contributed by atoms with van der Waals surface area (Å²) in [5.41, 5.74) is -1.11. The average Bonchev–Trinajstić information content (AvgIpc) is 3.60. The first-order valence-corrected chi connectivity index (χ1v) is 15.2. The van der Waals surface area contributed by atoms with E-state index < -0.39 is 29.6 Å². The van der Waals surface area contributed by atoms with E-state index in [1.807, 2.05) is 6.92 Å². The van der Waals surface area contributed by atoms with Crippen molar-refractivity contribution in [1.82, 2.24) is 30.0 Å². The largest absolute Gasteiger partial charge is 0.508 e. The summed E-state index contributed by atoms with van der Waals surface area (Å²) in [5.74, 6) is -0.0890. The summed E-state index contributed by atoms with van der Waals surface area (Å²) < 4.78 is 62.1. The van der Waals surface area contributed by atoms with Gasteiger partial charge in [-0.25, -0.2) is 8.78 Å². The number of rotatable bonds is 6. The number of aromatic hydroxyl groups is 1. The minimum absolute atomic E-state index is 0.000293. The first-order chi connectivity index (χ1) is 22.4. The molecule has 2 N–H and O–H groups in total. The van der Waals surface area contributed by atoms with Crippen LogP contribution in [-0.4, -0.2) is 86.3 Å². The fourth-order valence-electron chi connectivity index (χ4n) is 7.54. The van der Waals surface area contributed by atoms with E-state index in [9.17, 15) is 18.7 Å². The highest BCUT2D eigenvalue weighted by Gasteiger charge is 2.49. The molecule has 0 saturated carbocycles. The molecule has 4 aliphatic rings. The molecule has 10 nitrogen and oxygen atoms in total. The van der Waals surface area contributed by atoms with Crippen molar-refractivity contribution in [3.05, 3.63) is 52.2 Å². The van der Waals surface area contributed by atoms with E-state index in [0.29, 0.717) is 53.5 Å². The molecule has 44 heavy (non-hydrogen) atoms. The number of alkyl halides is 1. The van der Waals surface area contributed by atoms with Crippen molar-refractivity contribution in [1.29, 1.82) is 0 Å². The lowest BCUT2D eigenvalue weighted by Crippen LogP contribution is -2.51. The smallest absolute Gasteiger partial charge is 0.319 e. The number of hydrogen-bond acceptors (Lipinski definition) is 9. The first kappa shape index (κ1) is 24.4. The van der Waals surface area contributed by atoms with Crippen LogP contribution >= 0.6 is 0 Å². The standard InChI is InChI=1S/C32H35F2N7O3/c1-2-23-25(34)7-4-18-10-22(42)11-26(27(18)23)41-30(43)28-24(13-35-41)29(39-15-20-5-6-21(16-39)36-20)38-31(37-28)44-17-32-8-3-9-40(32)14-19(33)12-32/h4,7,10-11,13,19-21,36,42H,2-3,5-6,8-9,12,14-17H2,1H3/t19-,20-,21+,32+/m1/s1/i9D2,19D. The molecule has 0 unspecified atom stereocenters. The minimum Gasteiger partial charge on any atom is -0.508 e. The number of ether oxygens (including phenoxy) is 1. The molecule has 8 rings (SSSR count). The Bertz CT molecular complexity index is 1980. The molecule has 0 amide bonds. The van der Waals surface area contributed by atoms with Gasteiger partial charge in [-0.1, -0.05) is 13.0 Å². The number of hydrogen-bond donors (Lipinski definition) is 2. The fraction of sp³-hybridized carbons (Fsp3) is 0.500. The SMILES string of the molecule is [2H]C1([2H])CC[C@@]2(COc3nc(N4C[C@H]5CC[C@@H](C4)N5)c4cnn(-c5cc(O)cc6ccc(F)c(CC)c56)c(=O)c4n3)C[C@@]([2H])(F)CN12. The van der Waals surface area contributed by atoms with Gasteiger partial charge in [0, 0.05) is 52.3 Å². The molecular weight excluding hydrogens is 568 g/mol. The Hall–Kier alpha value is -3.90. The van der Waals surface area contributed by atoms with Crippen LogP contribution in [0.25, 0.3) is 27.4 Å². The van der Waals surface area contributed by atoms with E-state index in [1.54, 1.807) is 6.07 Å². The van der Waals surface area contributed by atoms with Gasteiger partial charge < -0.3 is 20.1 Å². The third-order valence-electron chi connectivity index (χ3n) is 9.62. The molecule has 4 saturated heterocycles. The Balaban J connectivity index is 1.27. The molecule has 4 aromatic rings. The van der Waals surface area contributed by atoms with E-state index >= 15 is 0 Å². The summed E-state index contributed by atoms with van der Waals surface area (Å²) in [6.07, 6.45) is 1.79. The topological polar surface area (TPSA) is 109 Å². The highest BCUT2D eigenvalue weighted by atomic mass is 19.1. The molecule has 0 spiro atoms. The molecular formula is C32H35F2N7O3. The molecule has 0 aliphatic carbocycles. The maximum atomic E-state index is 15.0. The Labute approximate surface area is 256 Å². The quantitative estimate of drug-likeness (QED) is 0.340. The third kappa shape index (κ3) is 4.41.